The highest BCUT2D eigenvalue weighted by molar-refractivity contribution is 7.89. The minimum atomic E-state index is -3.70. The van der Waals surface area contributed by atoms with Gasteiger partial charge in [-0.2, -0.15) is 0 Å². The molecule has 1 aromatic rings. The zero-order valence-corrected chi connectivity index (χ0v) is 12.6. The number of rotatable bonds is 7. The van der Waals surface area contributed by atoms with E-state index in [1.807, 2.05) is 6.92 Å². The molecule has 110 valence electrons. The first-order chi connectivity index (χ1) is 9.27. The van der Waals surface area contributed by atoms with Gasteiger partial charge in [-0.25, -0.2) is 13.1 Å². The summed E-state index contributed by atoms with van der Waals surface area (Å²) in [5, 5.41) is 0. The molecule has 20 heavy (non-hydrogen) atoms. The molecule has 2 unspecified atom stereocenters. The third-order valence-electron chi connectivity index (χ3n) is 3.28. The smallest absolute Gasteiger partial charge is 0.240 e. The Morgan fingerprint density at radius 3 is 2.30 bits per heavy atom. The van der Waals surface area contributed by atoms with Gasteiger partial charge in [-0.05, 0) is 19.1 Å². The Morgan fingerprint density at radius 1 is 1.25 bits per heavy atom. The normalized spacial score (nSPS) is 14.6. The predicted octanol–water partition coefficient (Wildman–Crippen LogP) is 1.31. The fourth-order valence-electron chi connectivity index (χ4n) is 1.54. The van der Waals surface area contributed by atoms with E-state index >= 15 is 0 Å². The number of ketones is 1. The summed E-state index contributed by atoms with van der Waals surface area (Å²) in [5.74, 6) is -1.24. The first-order valence-electron chi connectivity index (χ1n) is 6.32. The minimum Gasteiger partial charge on any atom is -0.303 e. The third kappa shape index (κ3) is 4.25. The van der Waals surface area contributed by atoms with E-state index in [9.17, 15) is 18.0 Å². The lowest BCUT2D eigenvalue weighted by Gasteiger charge is -2.13. The molecule has 2 atom stereocenters. The number of benzene rings is 1. The number of hydrogen-bond donors (Lipinski definition) is 1. The van der Waals surface area contributed by atoms with Crippen LogP contribution in [-0.4, -0.2) is 27.0 Å². The van der Waals surface area contributed by atoms with Gasteiger partial charge in [0.2, 0.25) is 10.0 Å². The SMILES string of the molecule is Cc1ccc(S(=O)(=O)NCC(=O)C(C)C(C)C=O)cc1. The minimum absolute atomic E-state index is 0.118. The average molecular weight is 297 g/mol. The Labute approximate surface area is 119 Å². The van der Waals surface area contributed by atoms with Crippen LogP contribution in [0.15, 0.2) is 29.2 Å². The summed E-state index contributed by atoms with van der Waals surface area (Å²) in [6, 6.07) is 6.35. The van der Waals surface area contributed by atoms with E-state index in [0.29, 0.717) is 6.29 Å². The second-order valence-electron chi connectivity index (χ2n) is 4.89. The number of nitrogens with one attached hydrogen (secondary N) is 1. The van der Waals surface area contributed by atoms with Gasteiger partial charge < -0.3 is 4.79 Å². The van der Waals surface area contributed by atoms with Crippen molar-refractivity contribution in [1.29, 1.82) is 0 Å². The van der Waals surface area contributed by atoms with Gasteiger partial charge in [-0.3, -0.25) is 4.79 Å². The number of sulfonamides is 1. The van der Waals surface area contributed by atoms with Gasteiger partial charge in [-0.1, -0.05) is 31.5 Å². The molecule has 0 amide bonds. The number of carbonyl (C=O) groups excluding carboxylic acids is 2. The zero-order chi connectivity index (χ0) is 15.3. The Morgan fingerprint density at radius 2 is 1.80 bits per heavy atom. The van der Waals surface area contributed by atoms with Crippen LogP contribution in [0.25, 0.3) is 0 Å². The Hall–Kier alpha value is -1.53. The summed E-state index contributed by atoms with van der Waals surface area (Å²) < 4.78 is 26.2. The van der Waals surface area contributed by atoms with E-state index in [2.05, 4.69) is 4.72 Å². The van der Waals surface area contributed by atoms with Crippen molar-refractivity contribution >= 4 is 22.1 Å². The van der Waals surface area contributed by atoms with Gasteiger partial charge in [0.05, 0.1) is 11.4 Å². The van der Waals surface area contributed by atoms with Crippen molar-refractivity contribution in [3.63, 3.8) is 0 Å². The van der Waals surface area contributed by atoms with Crippen molar-refractivity contribution < 1.29 is 18.0 Å². The molecule has 5 nitrogen and oxygen atoms in total. The molecule has 0 aliphatic rings. The number of carbonyl (C=O) groups is 2. The van der Waals surface area contributed by atoms with Crippen LogP contribution in [0, 0.1) is 18.8 Å². The molecule has 1 aromatic carbocycles. The van der Waals surface area contributed by atoms with E-state index in [1.54, 1.807) is 26.0 Å². The molecule has 0 aromatic heterocycles. The molecule has 0 saturated carbocycles. The highest BCUT2D eigenvalue weighted by atomic mass is 32.2. The number of aldehydes is 1. The lowest BCUT2D eigenvalue weighted by molar-refractivity contribution is -0.125. The summed E-state index contributed by atoms with van der Waals surface area (Å²) >= 11 is 0. The van der Waals surface area contributed by atoms with E-state index in [4.69, 9.17) is 0 Å². The van der Waals surface area contributed by atoms with Gasteiger partial charge >= 0.3 is 0 Å². The van der Waals surface area contributed by atoms with Crippen LogP contribution in [0.1, 0.15) is 19.4 Å². The first-order valence-corrected chi connectivity index (χ1v) is 7.80. The summed E-state index contributed by atoms with van der Waals surface area (Å²) in [7, 11) is -3.70. The Bertz CT molecular complexity index is 578. The van der Waals surface area contributed by atoms with Crippen LogP contribution >= 0.6 is 0 Å². The second kappa shape index (κ2) is 6.76. The molecular formula is C14H19NO4S. The van der Waals surface area contributed by atoms with E-state index in [-0.39, 0.29) is 17.2 Å². The largest absolute Gasteiger partial charge is 0.303 e. The molecule has 0 radical (unpaired) electrons. The second-order valence-corrected chi connectivity index (χ2v) is 6.65. The molecule has 1 N–H and O–H groups in total. The third-order valence-corrected chi connectivity index (χ3v) is 4.70. The van der Waals surface area contributed by atoms with E-state index < -0.39 is 21.9 Å². The van der Waals surface area contributed by atoms with E-state index in [1.165, 1.54) is 12.1 Å². The molecule has 0 aliphatic heterocycles. The van der Waals surface area contributed by atoms with Crippen molar-refractivity contribution in [2.24, 2.45) is 11.8 Å². The maximum Gasteiger partial charge on any atom is 0.240 e. The standard InChI is InChI=1S/C14H19NO4S/c1-10-4-6-13(7-5-10)20(18,19)15-8-14(17)12(3)11(2)9-16/h4-7,9,11-12,15H,8H2,1-3H3. The summed E-state index contributed by atoms with van der Waals surface area (Å²) in [4.78, 5) is 22.5. The molecule has 0 spiro atoms. The van der Waals surface area contributed by atoms with Crippen LogP contribution in [0.2, 0.25) is 0 Å². The maximum atomic E-state index is 12.0. The van der Waals surface area contributed by atoms with Crippen LogP contribution in [0.3, 0.4) is 0 Å². The number of aryl methyl sites for hydroxylation is 1. The predicted molar refractivity (Wildman–Crippen MR) is 75.8 cm³/mol. The van der Waals surface area contributed by atoms with Crippen LogP contribution in [-0.2, 0) is 19.6 Å². The van der Waals surface area contributed by atoms with Gasteiger partial charge in [0.25, 0.3) is 0 Å². The molecule has 0 fully saturated rings. The van der Waals surface area contributed by atoms with Gasteiger partial charge in [0, 0.05) is 11.8 Å². The van der Waals surface area contributed by atoms with Gasteiger partial charge in [0.15, 0.2) is 5.78 Å². The number of hydrogen-bond acceptors (Lipinski definition) is 4. The number of Topliss-reactive ketones (excluding diaryl/α,β-unsaturated/α-hetero) is 1. The maximum absolute atomic E-state index is 12.0. The van der Waals surface area contributed by atoms with Crippen LogP contribution in [0.4, 0.5) is 0 Å². The Balaban J connectivity index is 2.71. The summed E-state index contributed by atoms with van der Waals surface area (Å²) in [6.45, 7) is 4.79. The Kier molecular flexibility index (Phi) is 5.59. The van der Waals surface area contributed by atoms with Crippen molar-refractivity contribution in [2.45, 2.75) is 25.7 Å². The summed E-state index contributed by atoms with van der Waals surface area (Å²) in [5.41, 5.74) is 0.952. The van der Waals surface area contributed by atoms with Crippen molar-refractivity contribution in [2.75, 3.05) is 6.54 Å². The molecule has 0 aliphatic carbocycles. The highest BCUT2D eigenvalue weighted by Crippen LogP contribution is 2.12. The molecular weight excluding hydrogens is 278 g/mol. The topological polar surface area (TPSA) is 80.3 Å². The molecule has 6 heteroatoms. The quantitative estimate of drug-likeness (QED) is 0.770. The molecule has 0 bridgehead atoms. The first kappa shape index (κ1) is 16.5. The highest BCUT2D eigenvalue weighted by Gasteiger charge is 2.22. The van der Waals surface area contributed by atoms with Crippen molar-refractivity contribution in [3.05, 3.63) is 29.8 Å². The molecule has 0 heterocycles. The summed E-state index contributed by atoms with van der Waals surface area (Å²) in [6.07, 6.45) is 0.692. The van der Waals surface area contributed by atoms with E-state index in [0.717, 1.165) is 5.56 Å². The van der Waals surface area contributed by atoms with Crippen LogP contribution < -0.4 is 4.72 Å². The fraction of sp³-hybridized carbons (Fsp3) is 0.429. The molecule has 0 saturated heterocycles. The van der Waals surface area contributed by atoms with Crippen LogP contribution in [0.5, 0.6) is 0 Å². The fourth-order valence-corrected chi connectivity index (χ4v) is 2.53. The van der Waals surface area contributed by atoms with Crippen molar-refractivity contribution in [1.82, 2.24) is 4.72 Å². The zero-order valence-electron chi connectivity index (χ0n) is 11.8. The van der Waals surface area contributed by atoms with Gasteiger partial charge in [-0.15, -0.1) is 0 Å². The average Bonchev–Trinajstić information content (AvgIpc) is 2.43. The van der Waals surface area contributed by atoms with Crippen molar-refractivity contribution in [3.8, 4) is 0 Å². The molecule has 1 rings (SSSR count). The lowest BCUT2D eigenvalue weighted by atomic mass is 9.93. The lowest BCUT2D eigenvalue weighted by Crippen LogP contribution is -2.34. The van der Waals surface area contributed by atoms with Gasteiger partial charge in [0.1, 0.15) is 6.29 Å². The monoisotopic (exact) mass is 297 g/mol.